The number of ether oxygens (including phenoxy) is 5. The van der Waals surface area contributed by atoms with E-state index >= 15 is 0 Å². The van der Waals surface area contributed by atoms with Crippen LogP contribution >= 0.6 is 0 Å². The molecular weight excluding hydrogens is 410 g/mol. The molecule has 31 heavy (non-hydrogen) atoms. The highest BCUT2D eigenvalue weighted by molar-refractivity contribution is 6.03. The van der Waals surface area contributed by atoms with Gasteiger partial charge in [0.15, 0.2) is 18.0 Å². The van der Waals surface area contributed by atoms with Crippen molar-refractivity contribution >= 4 is 17.8 Å². The highest BCUT2D eigenvalue weighted by atomic mass is 16.6. The van der Waals surface area contributed by atoms with Crippen molar-refractivity contribution in [3.05, 3.63) is 24.0 Å². The lowest BCUT2D eigenvalue weighted by Crippen LogP contribution is -2.53. The molecule has 0 spiro atoms. The Morgan fingerprint density at radius 1 is 1.23 bits per heavy atom. The molecule has 10 heteroatoms. The van der Waals surface area contributed by atoms with Gasteiger partial charge in [0.25, 0.3) is 5.91 Å². The second-order valence-electron chi connectivity index (χ2n) is 7.37. The number of imide groups is 1. The van der Waals surface area contributed by atoms with E-state index in [1.54, 1.807) is 6.08 Å². The fraction of sp³-hybridized carbons (Fsp3) is 0.667. The molecule has 3 atom stereocenters. The first kappa shape index (κ1) is 25.0. The SMILES string of the molecule is CO[C@@H](C(=O)N1C(=O)OC[C@H]1C(C)C)[C@H]1OC(=CCCOCCOCCO)C=CC1=O. The molecule has 10 nitrogen and oxygen atoms in total. The van der Waals surface area contributed by atoms with E-state index in [9.17, 15) is 14.4 Å². The molecule has 2 aliphatic rings. The highest BCUT2D eigenvalue weighted by Gasteiger charge is 2.47. The summed E-state index contributed by atoms with van der Waals surface area (Å²) in [6, 6.07) is -0.430. The Kier molecular flexibility index (Phi) is 10.1. The molecular formula is C21H31NO9. The molecule has 0 aliphatic carbocycles. The van der Waals surface area contributed by atoms with Crippen molar-refractivity contribution in [3.63, 3.8) is 0 Å². The molecule has 2 aliphatic heterocycles. The predicted octanol–water partition coefficient (Wildman–Crippen LogP) is 0.828. The van der Waals surface area contributed by atoms with E-state index in [0.717, 1.165) is 4.90 Å². The molecule has 1 N–H and O–H groups in total. The number of methoxy groups -OCH3 is 1. The fourth-order valence-electron chi connectivity index (χ4n) is 3.17. The van der Waals surface area contributed by atoms with Gasteiger partial charge in [-0.25, -0.2) is 9.69 Å². The minimum atomic E-state index is -1.28. The van der Waals surface area contributed by atoms with Crippen LogP contribution in [0.5, 0.6) is 0 Å². The van der Waals surface area contributed by atoms with Crippen LogP contribution in [-0.4, -0.2) is 92.8 Å². The minimum absolute atomic E-state index is 0.0136. The summed E-state index contributed by atoms with van der Waals surface area (Å²) in [5.41, 5.74) is 0. The number of carbonyl (C=O) groups is 3. The van der Waals surface area contributed by atoms with Gasteiger partial charge in [0.1, 0.15) is 12.4 Å². The average molecular weight is 441 g/mol. The Balaban J connectivity index is 1.95. The van der Waals surface area contributed by atoms with E-state index in [1.165, 1.54) is 19.3 Å². The van der Waals surface area contributed by atoms with Crippen LogP contribution in [0.3, 0.4) is 0 Å². The van der Waals surface area contributed by atoms with Crippen LogP contribution in [0, 0.1) is 5.92 Å². The van der Waals surface area contributed by atoms with Crippen LogP contribution < -0.4 is 0 Å². The molecule has 0 aromatic heterocycles. The van der Waals surface area contributed by atoms with Crippen LogP contribution in [0.1, 0.15) is 20.3 Å². The van der Waals surface area contributed by atoms with Gasteiger partial charge in [0, 0.05) is 7.11 Å². The lowest BCUT2D eigenvalue weighted by atomic mass is 10.0. The van der Waals surface area contributed by atoms with Crippen LogP contribution in [0.2, 0.25) is 0 Å². The first-order valence-corrected chi connectivity index (χ1v) is 10.3. The van der Waals surface area contributed by atoms with E-state index in [-0.39, 0.29) is 25.7 Å². The highest BCUT2D eigenvalue weighted by Crippen LogP contribution is 2.25. The summed E-state index contributed by atoms with van der Waals surface area (Å²) in [5, 5.41) is 8.62. The number of nitrogens with zero attached hydrogens (tertiary/aromatic N) is 1. The zero-order valence-corrected chi connectivity index (χ0v) is 18.2. The van der Waals surface area contributed by atoms with Crippen LogP contribution in [-0.2, 0) is 33.3 Å². The van der Waals surface area contributed by atoms with Crippen LogP contribution in [0.25, 0.3) is 0 Å². The van der Waals surface area contributed by atoms with Gasteiger partial charge in [-0.2, -0.15) is 0 Å². The number of allylic oxidation sites excluding steroid dienone is 1. The summed E-state index contributed by atoms with van der Waals surface area (Å²) >= 11 is 0. The summed E-state index contributed by atoms with van der Waals surface area (Å²) < 4.78 is 26.5. The molecule has 0 saturated carbocycles. The fourth-order valence-corrected chi connectivity index (χ4v) is 3.17. The van der Waals surface area contributed by atoms with Gasteiger partial charge in [-0.3, -0.25) is 9.59 Å². The summed E-state index contributed by atoms with van der Waals surface area (Å²) in [6.45, 7) is 5.29. The molecule has 174 valence electrons. The van der Waals surface area contributed by atoms with Crippen molar-refractivity contribution in [3.8, 4) is 0 Å². The van der Waals surface area contributed by atoms with E-state index in [2.05, 4.69) is 0 Å². The zero-order chi connectivity index (χ0) is 22.8. The Morgan fingerprint density at radius 2 is 1.94 bits per heavy atom. The molecule has 0 aromatic rings. The largest absolute Gasteiger partial charge is 0.479 e. The maximum Gasteiger partial charge on any atom is 0.417 e. The second kappa shape index (κ2) is 12.6. The Hall–Kier alpha value is -2.27. The third-order valence-corrected chi connectivity index (χ3v) is 4.86. The number of aliphatic hydroxyl groups excluding tert-OH is 1. The maximum atomic E-state index is 13.0. The molecule has 2 amide bonds. The van der Waals surface area contributed by atoms with Crippen molar-refractivity contribution in [2.45, 2.75) is 38.5 Å². The van der Waals surface area contributed by atoms with Gasteiger partial charge >= 0.3 is 6.09 Å². The van der Waals surface area contributed by atoms with E-state index < -0.39 is 36.0 Å². The average Bonchev–Trinajstić information content (AvgIpc) is 3.14. The number of carbonyl (C=O) groups excluding carboxylic acids is 3. The van der Waals surface area contributed by atoms with Gasteiger partial charge in [-0.05, 0) is 30.6 Å². The normalized spacial score (nSPS) is 23.4. The summed E-state index contributed by atoms with van der Waals surface area (Å²) in [5.74, 6) is -0.699. The molecule has 0 radical (unpaired) electrons. The molecule has 0 aromatic carbocycles. The van der Waals surface area contributed by atoms with Gasteiger partial charge in [-0.15, -0.1) is 0 Å². The first-order chi connectivity index (χ1) is 14.9. The van der Waals surface area contributed by atoms with Gasteiger partial charge in [0.2, 0.25) is 0 Å². The molecule has 0 unspecified atom stereocenters. The van der Waals surface area contributed by atoms with Crippen LogP contribution in [0.15, 0.2) is 24.0 Å². The number of hydrogen-bond donors (Lipinski definition) is 1. The summed E-state index contributed by atoms with van der Waals surface area (Å²) in [6.07, 6.45) is 1.85. The third kappa shape index (κ3) is 6.86. The Morgan fingerprint density at radius 3 is 2.58 bits per heavy atom. The van der Waals surface area contributed by atoms with E-state index in [0.29, 0.717) is 32.0 Å². The number of aliphatic hydroxyl groups is 1. The number of hydrogen-bond acceptors (Lipinski definition) is 9. The number of cyclic esters (lactones) is 1. The van der Waals surface area contributed by atoms with E-state index in [4.69, 9.17) is 28.8 Å². The predicted molar refractivity (Wildman–Crippen MR) is 108 cm³/mol. The number of amides is 2. The lowest BCUT2D eigenvalue weighted by Gasteiger charge is -2.31. The molecule has 0 bridgehead atoms. The molecule has 2 rings (SSSR count). The minimum Gasteiger partial charge on any atom is -0.479 e. The monoisotopic (exact) mass is 441 g/mol. The maximum absolute atomic E-state index is 13.0. The zero-order valence-electron chi connectivity index (χ0n) is 18.2. The Bertz CT molecular complexity index is 688. The Labute approximate surface area is 181 Å². The smallest absolute Gasteiger partial charge is 0.417 e. The van der Waals surface area contributed by atoms with Gasteiger partial charge in [0.05, 0.1) is 39.1 Å². The standard InChI is InChI=1S/C21H31NO9/c1-14(2)16-13-30-21(26)22(16)20(25)19(27-3)18-17(24)7-6-15(31-18)5-4-9-28-11-12-29-10-8-23/h5-7,14,16,18-19,23H,4,8-13H2,1-3H3/t16-,18-,19+/m0/s1. The first-order valence-electron chi connectivity index (χ1n) is 10.3. The molecule has 2 heterocycles. The van der Waals surface area contributed by atoms with Crippen LogP contribution in [0.4, 0.5) is 4.79 Å². The van der Waals surface area contributed by atoms with Crippen molar-refractivity contribution in [1.82, 2.24) is 4.90 Å². The topological polar surface area (TPSA) is 121 Å². The second-order valence-corrected chi connectivity index (χ2v) is 7.37. The van der Waals surface area contributed by atoms with Gasteiger partial charge < -0.3 is 28.8 Å². The van der Waals surface area contributed by atoms with Crippen molar-refractivity contribution in [2.75, 3.05) is 46.8 Å². The van der Waals surface area contributed by atoms with Crippen molar-refractivity contribution < 1.29 is 43.2 Å². The lowest BCUT2D eigenvalue weighted by molar-refractivity contribution is -0.154. The van der Waals surface area contributed by atoms with Gasteiger partial charge in [-0.1, -0.05) is 13.8 Å². The molecule has 1 saturated heterocycles. The molecule has 1 fully saturated rings. The van der Waals surface area contributed by atoms with Crippen molar-refractivity contribution in [2.24, 2.45) is 5.92 Å². The third-order valence-electron chi connectivity index (χ3n) is 4.86. The van der Waals surface area contributed by atoms with E-state index in [1.807, 2.05) is 13.8 Å². The number of ketones is 1. The quantitative estimate of drug-likeness (QED) is 0.439. The van der Waals surface area contributed by atoms with Crippen molar-refractivity contribution in [1.29, 1.82) is 0 Å². The number of rotatable bonds is 12. The summed E-state index contributed by atoms with van der Waals surface area (Å²) in [4.78, 5) is 38.6. The summed E-state index contributed by atoms with van der Waals surface area (Å²) in [7, 11) is 1.29.